The molecule has 0 amide bonds. The second-order valence-electron chi connectivity index (χ2n) is 5.91. The van der Waals surface area contributed by atoms with Gasteiger partial charge in [-0.2, -0.15) is 0 Å². The SMILES string of the molecule is CC1OCCC1Nc1ccccc1C(C)(C)C. The molecule has 1 N–H and O–H groups in total. The molecule has 0 spiro atoms. The zero-order chi connectivity index (χ0) is 12.5. The summed E-state index contributed by atoms with van der Waals surface area (Å²) < 4.78 is 5.60. The number of para-hydroxylation sites is 1. The Labute approximate surface area is 104 Å². The maximum Gasteiger partial charge on any atom is 0.0748 e. The van der Waals surface area contributed by atoms with E-state index in [1.165, 1.54) is 11.3 Å². The second kappa shape index (κ2) is 4.69. The third kappa shape index (κ3) is 2.81. The third-order valence-corrected chi connectivity index (χ3v) is 3.45. The molecule has 0 aromatic heterocycles. The molecule has 1 fully saturated rings. The highest BCUT2D eigenvalue weighted by Gasteiger charge is 2.26. The molecule has 1 saturated heterocycles. The maximum absolute atomic E-state index is 5.60. The lowest BCUT2D eigenvalue weighted by molar-refractivity contribution is 0.121. The third-order valence-electron chi connectivity index (χ3n) is 3.45. The number of hydrogen-bond donors (Lipinski definition) is 1. The maximum atomic E-state index is 5.60. The lowest BCUT2D eigenvalue weighted by Crippen LogP contribution is -2.28. The Morgan fingerprint density at radius 2 is 1.94 bits per heavy atom. The zero-order valence-electron chi connectivity index (χ0n) is 11.3. The minimum absolute atomic E-state index is 0.173. The topological polar surface area (TPSA) is 21.3 Å². The van der Waals surface area contributed by atoms with Crippen LogP contribution in [0.15, 0.2) is 24.3 Å². The van der Waals surface area contributed by atoms with Crippen LogP contribution in [-0.4, -0.2) is 18.8 Å². The van der Waals surface area contributed by atoms with Crippen molar-refractivity contribution in [2.24, 2.45) is 0 Å². The highest BCUT2D eigenvalue weighted by atomic mass is 16.5. The van der Waals surface area contributed by atoms with Crippen LogP contribution in [0.1, 0.15) is 39.7 Å². The molecule has 0 radical (unpaired) electrons. The predicted octanol–water partition coefficient (Wildman–Crippen LogP) is 3.57. The van der Waals surface area contributed by atoms with Gasteiger partial charge in [-0.3, -0.25) is 0 Å². The van der Waals surface area contributed by atoms with E-state index in [4.69, 9.17) is 4.74 Å². The van der Waals surface area contributed by atoms with Gasteiger partial charge >= 0.3 is 0 Å². The van der Waals surface area contributed by atoms with Crippen molar-refractivity contribution in [2.75, 3.05) is 11.9 Å². The molecule has 1 aromatic carbocycles. The van der Waals surface area contributed by atoms with Crippen molar-refractivity contribution in [3.63, 3.8) is 0 Å². The summed E-state index contributed by atoms with van der Waals surface area (Å²) in [7, 11) is 0. The molecule has 1 heterocycles. The van der Waals surface area contributed by atoms with Gasteiger partial charge in [-0.05, 0) is 30.4 Å². The standard InChI is InChI=1S/C15H23NO/c1-11-13(9-10-17-11)16-14-8-6-5-7-12(14)15(2,3)4/h5-8,11,13,16H,9-10H2,1-4H3. The van der Waals surface area contributed by atoms with Crippen molar-refractivity contribution < 1.29 is 4.74 Å². The molecule has 0 aliphatic carbocycles. The van der Waals surface area contributed by atoms with Gasteiger partial charge in [-0.1, -0.05) is 39.0 Å². The van der Waals surface area contributed by atoms with Gasteiger partial charge in [0.05, 0.1) is 12.1 Å². The highest BCUT2D eigenvalue weighted by Crippen LogP contribution is 2.31. The summed E-state index contributed by atoms with van der Waals surface area (Å²) in [6.07, 6.45) is 1.41. The average Bonchev–Trinajstić information content (AvgIpc) is 2.64. The van der Waals surface area contributed by atoms with E-state index >= 15 is 0 Å². The predicted molar refractivity (Wildman–Crippen MR) is 72.6 cm³/mol. The van der Waals surface area contributed by atoms with Crippen LogP contribution >= 0.6 is 0 Å². The average molecular weight is 233 g/mol. The lowest BCUT2D eigenvalue weighted by atomic mass is 9.85. The minimum atomic E-state index is 0.173. The van der Waals surface area contributed by atoms with Crippen molar-refractivity contribution >= 4 is 5.69 Å². The fourth-order valence-corrected chi connectivity index (χ4v) is 2.38. The largest absolute Gasteiger partial charge is 0.379 e. The van der Waals surface area contributed by atoms with Gasteiger partial charge in [0.25, 0.3) is 0 Å². The van der Waals surface area contributed by atoms with Crippen LogP contribution in [0, 0.1) is 0 Å². The molecule has 2 unspecified atom stereocenters. The van der Waals surface area contributed by atoms with Gasteiger partial charge in [-0.15, -0.1) is 0 Å². The first kappa shape index (κ1) is 12.4. The minimum Gasteiger partial charge on any atom is -0.379 e. The van der Waals surface area contributed by atoms with Crippen molar-refractivity contribution in [1.29, 1.82) is 0 Å². The van der Waals surface area contributed by atoms with Crippen LogP contribution in [-0.2, 0) is 10.2 Å². The quantitative estimate of drug-likeness (QED) is 0.843. The molecule has 0 saturated carbocycles. The Hall–Kier alpha value is -1.02. The molecule has 17 heavy (non-hydrogen) atoms. The van der Waals surface area contributed by atoms with E-state index in [1.54, 1.807) is 0 Å². The van der Waals surface area contributed by atoms with Crippen LogP contribution in [0.25, 0.3) is 0 Å². The molecule has 1 aliphatic heterocycles. The number of ether oxygens (including phenoxy) is 1. The lowest BCUT2D eigenvalue weighted by Gasteiger charge is -2.26. The van der Waals surface area contributed by atoms with Crippen molar-refractivity contribution in [3.05, 3.63) is 29.8 Å². The van der Waals surface area contributed by atoms with Crippen molar-refractivity contribution in [3.8, 4) is 0 Å². The van der Waals surface area contributed by atoms with Crippen LogP contribution < -0.4 is 5.32 Å². The zero-order valence-corrected chi connectivity index (χ0v) is 11.3. The molecule has 2 atom stereocenters. The number of rotatable bonds is 2. The Kier molecular flexibility index (Phi) is 3.43. The van der Waals surface area contributed by atoms with Crippen LogP contribution in [0.5, 0.6) is 0 Å². The Morgan fingerprint density at radius 1 is 1.24 bits per heavy atom. The van der Waals surface area contributed by atoms with E-state index in [0.717, 1.165) is 13.0 Å². The van der Waals surface area contributed by atoms with Gasteiger partial charge in [0, 0.05) is 12.3 Å². The van der Waals surface area contributed by atoms with E-state index in [1.807, 2.05) is 0 Å². The van der Waals surface area contributed by atoms with Crippen molar-refractivity contribution in [2.45, 2.75) is 51.7 Å². The first-order valence-electron chi connectivity index (χ1n) is 6.46. The first-order chi connectivity index (χ1) is 7.98. The summed E-state index contributed by atoms with van der Waals surface area (Å²) in [5, 5.41) is 3.64. The summed E-state index contributed by atoms with van der Waals surface area (Å²) in [6.45, 7) is 9.77. The fourth-order valence-electron chi connectivity index (χ4n) is 2.38. The summed E-state index contributed by atoms with van der Waals surface area (Å²) >= 11 is 0. The van der Waals surface area contributed by atoms with E-state index in [9.17, 15) is 0 Å². The highest BCUT2D eigenvalue weighted by molar-refractivity contribution is 5.55. The Balaban J connectivity index is 2.21. The molecular weight excluding hydrogens is 210 g/mol. The van der Waals surface area contributed by atoms with E-state index in [-0.39, 0.29) is 5.41 Å². The number of anilines is 1. The number of nitrogens with one attached hydrogen (secondary N) is 1. The van der Waals surface area contributed by atoms with Crippen LogP contribution in [0.2, 0.25) is 0 Å². The second-order valence-corrected chi connectivity index (χ2v) is 5.91. The van der Waals surface area contributed by atoms with Gasteiger partial charge in [-0.25, -0.2) is 0 Å². The monoisotopic (exact) mass is 233 g/mol. The molecule has 2 rings (SSSR count). The molecule has 0 bridgehead atoms. The van der Waals surface area contributed by atoms with Crippen molar-refractivity contribution in [1.82, 2.24) is 0 Å². The smallest absolute Gasteiger partial charge is 0.0748 e. The molecule has 2 nitrogen and oxygen atoms in total. The van der Waals surface area contributed by atoms with Gasteiger partial charge in [0.15, 0.2) is 0 Å². The van der Waals surface area contributed by atoms with Crippen LogP contribution in [0.3, 0.4) is 0 Å². The molecule has 1 aliphatic rings. The van der Waals surface area contributed by atoms with E-state index in [2.05, 4.69) is 57.3 Å². The van der Waals surface area contributed by atoms with Gasteiger partial charge in [0.2, 0.25) is 0 Å². The summed E-state index contributed by atoms with van der Waals surface area (Å²) in [5.41, 5.74) is 2.80. The van der Waals surface area contributed by atoms with E-state index < -0.39 is 0 Å². The molecule has 1 aromatic rings. The number of benzene rings is 1. The molecule has 94 valence electrons. The Morgan fingerprint density at radius 3 is 2.53 bits per heavy atom. The number of hydrogen-bond acceptors (Lipinski definition) is 2. The molecular formula is C15H23NO. The van der Waals surface area contributed by atoms with Gasteiger partial charge < -0.3 is 10.1 Å². The fraction of sp³-hybridized carbons (Fsp3) is 0.600. The van der Waals surface area contributed by atoms with Crippen LogP contribution in [0.4, 0.5) is 5.69 Å². The first-order valence-corrected chi connectivity index (χ1v) is 6.46. The normalized spacial score (nSPS) is 24.9. The summed E-state index contributed by atoms with van der Waals surface area (Å²) in [4.78, 5) is 0. The van der Waals surface area contributed by atoms with E-state index in [0.29, 0.717) is 12.1 Å². The molecule has 2 heteroatoms. The summed E-state index contributed by atoms with van der Waals surface area (Å²) in [6, 6.07) is 9.03. The summed E-state index contributed by atoms with van der Waals surface area (Å²) in [5.74, 6) is 0. The van der Waals surface area contributed by atoms with Gasteiger partial charge in [0.1, 0.15) is 0 Å². The Bertz CT molecular complexity index is 381.